The molecule has 0 amide bonds. The van der Waals surface area contributed by atoms with Gasteiger partial charge in [0.15, 0.2) is 6.29 Å². The summed E-state index contributed by atoms with van der Waals surface area (Å²) >= 11 is 0. The minimum absolute atomic E-state index is 0.0948. The van der Waals surface area contributed by atoms with Crippen molar-refractivity contribution in [1.29, 1.82) is 0 Å². The average Bonchev–Trinajstić information content (AvgIpc) is 3.02. The Balaban J connectivity index is 1.64. The van der Waals surface area contributed by atoms with Gasteiger partial charge in [-0.2, -0.15) is 0 Å². The zero-order valence-electron chi connectivity index (χ0n) is 15.2. The van der Waals surface area contributed by atoms with Crippen LogP contribution in [-0.2, 0) is 14.2 Å². The maximum Gasteiger partial charge on any atom is 0.330 e. The molecule has 3 rings (SSSR count). The van der Waals surface area contributed by atoms with E-state index in [0.29, 0.717) is 5.56 Å². The highest BCUT2D eigenvalue weighted by Crippen LogP contribution is 2.29. The molecule has 0 saturated carbocycles. The second-order valence-corrected chi connectivity index (χ2v) is 7.03. The molecule has 12 nitrogen and oxygen atoms in total. The van der Waals surface area contributed by atoms with Crippen LogP contribution in [0.1, 0.15) is 18.2 Å². The van der Waals surface area contributed by atoms with Crippen LogP contribution in [0.4, 0.5) is 0 Å². The number of aryl methyl sites for hydroxylation is 1. The Kier molecular flexibility index (Phi) is 6.31. The van der Waals surface area contributed by atoms with Crippen molar-refractivity contribution in [3.05, 3.63) is 32.6 Å². The molecule has 2 aliphatic rings. The van der Waals surface area contributed by atoms with Gasteiger partial charge < -0.3 is 40.4 Å². The first-order valence-electron chi connectivity index (χ1n) is 8.88. The van der Waals surface area contributed by atoms with E-state index < -0.39 is 66.9 Å². The third kappa shape index (κ3) is 4.04. The van der Waals surface area contributed by atoms with E-state index in [1.807, 2.05) is 0 Å². The van der Waals surface area contributed by atoms with Gasteiger partial charge in [0, 0.05) is 18.2 Å². The first-order valence-corrected chi connectivity index (χ1v) is 8.88. The van der Waals surface area contributed by atoms with E-state index in [0.717, 1.165) is 0 Å². The average molecular weight is 403 g/mol. The molecule has 0 bridgehead atoms. The molecule has 12 heteroatoms. The van der Waals surface area contributed by atoms with E-state index >= 15 is 0 Å². The lowest BCUT2D eigenvalue weighted by Crippen LogP contribution is -2.62. The molecule has 28 heavy (non-hydrogen) atoms. The van der Waals surface area contributed by atoms with Crippen LogP contribution in [0.2, 0.25) is 0 Å². The van der Waals surface area contributed by atoms with Gasteiger partial charge in [0.05, 0.1) is 25.4 Å². The van der Waals surface area contributed by atoms with E-state index in [9.17, 15) is 30.0 Å². The van der Waals surface area contributed by atoms with Gasteiger partial charge in [-0.05, 0) is 6.92 Å². The van der Waals surface area contributed by atoms with Crippen molar-refractivity contribution in [3.8, 4) is 0 Å². The fraction of sp³-hybridized carbons (Fsp3) is 0.750. The Morgan fingerprint density at radius 3 is 2.64 bits per heavy atom. The maximum atomic E-state index is 12.0. The number of ether oxygens (including phenoxy) is 3. The molecule has 1 unspecified atom stereocenters. The normalized spacial score (nSPS) is 38.6. The van der Waals surface area contributed by atoms with Gasteiger partial charge in [-0.25, -0.2) is 4.79 Å². The van der Waals surface area contributed by atoms with Gasteiger partial charge in [0.1, 0.15) is 30.6 Å². The van der Waals surface area contributed by atoms with Crippen molar-refractivity contribution in [1.82, 2.24) is 9.55 Å². The standard InChI is InChI=1S/C16H25N3O9/c1-6-3-19(16(25)18-14(6)24)10-2-7(21)9(27-10)5-26-15-11(17)13(23)12(22)8(4-20)28-15/h3,7-13,15,20-23H,2,4-5,17H2,1H3,(H,18,24,25)/t7-,8+,9+,10+,11+,12+,13+,15?/m0/s1. The first kappa shape index (κ1) is 21.1. The molecule has 0 aliphatic carbocycles. The SMILES string of the molecule is Cc1cn([C@H]2C[C@H](O)[C@@H](COC3O[C@H](CO)[C@@H](O)[C@H](O)[C@H]3N)O2)c(=O)[nH]c1=O. The van der Waals surface area contributed by atoms with Crippen LogP contribution in [0.5, 0.6) is 0 Å². The van der Waals surface area contributed by atoms with Crippen LogP contribution >= 0.6 is 0 Å². The minimum Gasteiger partial charge on any atom is -0.394 e. The number of aliphatic hydroxyl groups excluding tert-OH is 4. The fourth-order valence-corrected chi connectivity index (χ4v) is 3.28. The summed E-state index contributed by atoms with van der Waals surface area (Å²) in [5.74, 6) is 0. The molecule has 2 aliphatic heterocycles. The summed E-state index contributed by atoms with van der Waals surface area (Å²) in [5.41, 5.74) is 4.96. The number of nitrogens with one attached hydrogen (secondary N) is 1. The third-order valence-electron chi connectivity index (χ3n) is 5.01. The van der Waals surface area contributed by atoms with Crippen LogP contribution < -0.4 is 17.0 Å². The lowest BCUT2D eigenvalue weighted by molar-refractivity contribution is -0.272. The Labute approximate surface area is 159 Å². The number of rotatable bonds is 5. The van der Waals surface area contributed by atoms with Crippen molar-refractivity contribution < 1.29 is 34.6 Å². The molecule has 8 atom stereocenters. The van der Waals surface area contributed by atoms with Gasteiger partial charge >= 0.3 is 5.69 Å². The monoisotopic (exact) mass is 403 g/mol. The van der Waals surface area contributed by atoms with Crippen LogP contribution in [0.25, 0.3) is 0 Å². The zero-order valence-corrected chi connectivity index (χ0v) is 15.2. The molecule has 158 valence electrons. The highest BCUT2D eigenvalue weighted by atomic mass is 16.7. The molecule has 0 radical (unpaired) electrons. The smallest absolute Gasteiger partial charge is 0.330 e. The van der Waals surface area contributed by atoms with Crippen molar-refractivity contribution in [2.75, 3.05) is 13.2 Å². The number of aliphatic hydroxyl groups is 4. The van der Waals surface area contributed by atoms with Crippen molar-refractivity contribution in [2.45, 2.75) is 62.4 Å². The fourth-order valence-electron chi connectivity index (χ4n) is 3.28. The summed E-state index contributed by atoms with van der Waals surface area (Å²) in [6.07, 6.45) is -6.06. The molecule has 2 saturated heterocycles. The Morgan fingerprint density at radius 2 is 1.96 bits per heavy atom. The van der Waals surface area contributed by atoms with Gasteiger partial charge in [-0.3, -0.25) is 14.3 Å². The predicted octanol–water partition coefficient (Wildman–Crippen LogP) is -3.72. The van der Waals surface area contributed by atoms with E-state index in [1.165, 1.54) is 10.8 Å². The quantitative estimate of drug-likeness (QED) is 0.285. The first-order chi connectivity index (χ1) is 13.2. The van der Waals surface area contributed by atoms with Crippen molar-refractivity contribution in [3.63, 3.8) is 0 Å². The Bertz CT molecular complexity index is 794. The Hall–Kier alpha value is -1.64. The van der Waals surface area contributed by atoms with Crippen LogP contribution in [0.3, 0.4) is 0 Å². The Morgan fingerprint density at radius 1 is 1.25 bits per heavy atom. The summed E-state index contributed by atoms with van der Waals surface area (Å²) in [6, 6.07) is -1.07. The molecule has 0 spiro atoms. The number of nitrogens with two attached hydrogens (primary N) is 1. The number of hydrogen-bond donors (Lipinski definition) is 6. The highest BCUT2D eigenvalue weighted by molar-refractivity contribution is 5.02. The summed E-state index contributed by atoms with van der Waals surface area (Å²) in [4.78, 5) is 25.6. The van der Waals surface area contributed by atoms with Crippen LogP contribution in [-0.4, -0.2) is 86.0 Å². The van der Waals surface area contributed by atoms with Crippen molar-refractivity contribution >= 4 is 0 Å². The molecule has 1 aromatic heterocycles. The lowest BCUT2D eigenvalue weighted by atomic mass is 9.98. The van der Waals surface area contributed by atoms with Crippen LogP contribution in [0, 0.1) is 6.92 Å². The van der Waals surface area contributed by atoms with Crippen LogP contribution in [0.15, 0.2) is 15.8 Å². The molecule has 0 aromatic carbocycles. The number of hydrogen-bond acceptors (Lipinski definition) is 10. The maximum absolute atomic E-state index is 12.0. The second-order valence-electron chi connectivity index (χ2n) is 7.03. The highest BCUT2D eigenvalue weighted by Gasteiger charge is 2.44. The predicted molar refractivity (Wildman–Crippen MR) is 92.3 cm³/mol. The second kappa shape index (κ2) is 8.39. The summed E-state index contributed by atoms with van der Waals surface area (Å²) in [6.45, 7) is 0.831. The number of aromatic amines is 1. The van der Waals surface area contributed by atoms with Crippen molar-refractivity contribution in [2.24, 2.45) is 5.73 Å². The van der Waals surface area contributed by atoms with Gasteiger partial charge in [-0.15, -0.1) is 0 Å². The van der Waals surface area contributed by atoms with E-state index in [1.54, 1.807) is 6.92 Å². The zero-order chi connectivity index (χ0) is 20.6. The number of H-pyrrole nitrogens is 1. The molecule has 1 aromatic rings. The van der Waals surface area contributed by atoms with E-state index in [4.69, 9.17) is 19.9 Å². The topological polar surface area (TPSA) is 189 Å². The van der Waals surface area contributed by atoms with Gasteiger partial charge in [0.2, 0.25) is 0 Å². The largest absolute Gasteiger partial charge is 0.394 e. The summed E-state index contributed by atoms with van der Waals surface area (Å²) in [5, 5.41) is 39.2. The third-order valence-corrected chi connectivity index (χ3v) is 5.01. The molecular formula is C16H25N3O9. The molecule has 3 heterocycles. The molecule has 7 N–H and O–H groups in total. The van der Waals surface area contributed by atoms with Gasteiger partial charge in [0.25, 0.3) is 5.56 Å². The van der Waals surface area contributed by atoms with E-state index in [-0.39, 0.29) is 13.0 Å². The molecular weight excluding hydrogens is 378 g/mol. The number of nitrogens with zero attached hydrogens (tertiary/aromatic N) is 1. The lowest BCUT2D eigenvalue weighted by Gasteiger charge is -2.40. The van der Waals surface area contributed by atoms with E-state index in [2.05, 4.69) is 4.98 Å². The number of aromatic nitrogens is 2. The van der Waals surface area contributed by atoms with Gasteiger partial charge in [-0.1, -0.05) is 0 Å². The summed E-state index contributed by atoms with van der Waals surface area (Å²) in [7, 11) is 0. The summed E-state index contributed by atoms with van der Waals surface area (Å²) < 4.78 is 17.7. The molecule has 2 fully saturated rings. The minimum atomic E-state index is -1.36.